The van der Waals surface area contributed by atoms with Crippen LogP contribution in [-0.4, -0.2) is 26.0 Å². The van der Waals surface area contributed by atoms with Gasteiger partial charge in [-0.05, 0) is 48.4 Å². The number of carbonyl (C=O) groups excluding carboxylic acids is 1. The number of amides is 1. The van der Waals surface area contributed by atoms with E-state index in [0.717, 1.165) is 16.7 Å². The minimum absolute atomic E-state index is 0.107. The van der Waals surface area contributed by atoms with Crippen LogP contribution in [0.3, 0.4) is 0 Å². The molecule has 2 heterocycles. The highest BCUT2D eigenvalue weighted by Crippen LogP contribution is 2.28. The standard InChI is InChI=1S/C32H26FN7O2/c1-19(22-9-11-25(33)12-10-22)39-32(42)27-13-21(15-34)17-38-31(27)37-16-20-5-7-23(8-6-20)28-18-36-30(35)29(40-28)24-3-2-4-26(41)14-24/h2-14,17-19,41H,16H2,1H3,(H2,35,36)(H,37,38)(H,39,42). The molecule has 9 nitrogen and oxygen atoms in total. The van der Waals surface area contributed by atoms with Crippen LogP contribution >= 0.6 is 0 Å². The van der Waals surface area contributed by atoms with E-state index in [4.69, 9.17) is 5.73 Å². The number of nitrogen functional groups attached to an aromatic ring is 1. The average Bonchev–Trinajstić information content (AvgIpc) is 3.00. The maximum absolute atomic E-state index is 13.3. The molecule has 0 aliphatic carbocycles. The van der Waals surface area contributed by atoms with Gasteiger partial charge in [-0.1, -0.05) is 48.5 Å². The van der Waals surface area contributed by atoms with Gasteiger partial charge in [0, 0.05) is 23.9 Å². The summed E-state index contributed by atoms with van der Waals surface area (Å²) in [5, 5.41) is 25.3. The van der Waals surface area contributed by atoms with E-state index in [1.807, 2.05) is 30.3 Å². The minimum Gasteiger partial charge on any atom is -0.508 e. The highest BCUT2D eigenvalue weighted by atomic mass is 19.1. The van der Waals surface area contributed by atoms with Crippen molar-refractivity contribution in [1.82, 2.24) is 20.3 Å². The van der Waals surface area contributed by atoms with Gasteiger partial charge < -0.3 is 21.5 Å². The number of nitrogens with two attached hydrogens (primary N) is 1. The first-order chi connectivity index (χ1) is 20.3. The second-order valence-electron chi connectivity index (χ2n) is 9.57. The van der Waals surface area contributed by atoms with E-state index in [-0.39, 0.29) is 28.5 Å². The first-order valence-electron chi connectivity index (χ1n) is 13.0. The molecule has 1 unspecified atom stereocenters. The van der Waals surface area contributed by atoms with Crippen LogP contribution in [0.25, 0.3) is 22.5 Å². The molecule has 5 rings (SSSR count). The summed E-state index contributed by atoms with van der Waals surface area (Å²) >= 11 is 0. The van der Waals surface area contributed by atoms with E-state index < -0.39 is 11.9 Å². The molecular formula is C32H26FN7O2. The normalized spacial score (nSPS) is 11.4. The number of phenols is 1. The molecule has 0 aliphatic heterocycles. The zero-order chi connectivity index (χ0) is 29.6. The monoisotopic (exact) mass is 559 g/mol. The van der Waals surface area contributed by atoms with Crippen molar-refractivity contribution in [2.45, 2.75) is 19.5 Å². The number of nitriles is 1. The first kappa shape index (κ1) is 27.7. The van der Waals surface area contributed by atoms with Crippen LogP contribution in [0.1, 0.15) is 40.0 Å². The van der Waals surface area contributed by atoms with Crippen LogP contribution < -0.4 is 16.4 Å². The van der Waals surface area contributed by atoms with Gasteiger partial charge in [0.15, 0.2) is 0 Å². The predicted octanol–water partition coefficient (Wildman–Crippen LogP) is 5.61. The zero-order valence-corrected chi connectivity index (χ0v) is 22.5. The van der Waals surface area contributed by atoms with Crippen LogP contribution in [-0.2, 0) is 6.54 Å². The lowest BCUT2D eigenvalue weighted by Gasteiger charge is -2.16. The molecule has 0 saturated carbocycles. The molecule has 1 atom stereocenters. The lowest BCUT2D eigenvalue weighted by Crippen LogP contribution is -2.28. The van der Waals surface area contributed by atoms with Crippen molar-refractivity contribution in [3.8, 4) is 34.3 Å². The van der Waals surface area contributed by atoms with Crippen molar-refractivity contribution in [2.24, 2.45) is 0 Å². The number of phenolic OH excluding ortho intramolecular Hbond substituents is 1. The van der Waals surface area contributed by atoms with E-state index in [9.17, 15) is 19.6 Å². The number of benzene rings is 3. The van der Waals surface area contributed by atoms with Crippen LogP contribution in [0.5, 0.6) is 5.75 Å². The van der Waals surface area contributed by atoms with Crippen molar-refractivity contribution in [1.29, 1.82) is 5.26 Å². The van der Waals surface area contributed by atoms with Gasteiger partial charge in [-0.3, -0.25) is 4.79 Å². The molecule has 42 heavy (non-hydrogen) atoms. The van der Waals surface area contributed by atoms with Gasteiger partial charge >= 0.3 is 0 Å². The summed E-state index contributed by atoms with van der Waals surface area (Å²) in [5.41, 5.74) is 10.7. The number of hydrogen-bond donors (Lipinski definition) is 4. The number of anilines is 2. The largest absolute Gasteiger partial charge is 0.508 e. The third-order valence-electron chi connectivity index (χ3n) is 6.61. The fourth-order valence-corrected chi connectivity index (χ4v) is 4.33. The molecule has 0 aliphatic rings. The smallest absolute Gasteiger partial charge is 0.255 e. The van der Waals surface area contributed by atoms with Crippen molar-refractivity contribution in [3.63, 3.8) is 0 Å². The minimum atomic E-state index is -0.418. The van der Waals surface area contributed by atoms with E-state index in [1.54, 1.807) is 49.5 Å². The molecule has 0 saturated heterocycles. The number of aromatic hydroxyl groups is 1. The van der Waals surface area contributed by atoms with E-state index >= 15 is 0 Å². The fraction of sp³-hybridized carbons (Fsp3) is 0.0938. The molecule has 1 amide bonds. The third-order valence-corrected chi connectivity index (χ3v) is 6.61. The van der Waals surface area contributed by atoms with E-state index in [2.05, 4.69) is 25.6 Å². The summed E-state index contributed by atoms with van der Waals surface area (Å²) in [6.45, 7) is 2.15. The highest BCUT2D eigenvalue weighted by molar-refractivity contribution is 5.99. The van der Waals surface area contributed by atoms with Gasteiger partial charge in [0.1, 0.15) is 35.0 Å². The number of carbonyl (C=O) groups is 1. The summed E-state index contributed by atoms with van der Waals surface area (Å²) in [5.74, 6) is -0.0919. The summed E-state index contributed by atoms with van der Waals surface area (Å²) in [6.07, 6.45) is 2.99. The Labute approximate surface area is 241 Å². The molecule has 208 valence electrons. The van der Waals surface area contributed by atoms with Crippen molar-refractivity contribution >= 4 is 17.5 Å². The number of nitrogens with one attached hydrogen (secondary N) is 2. The number of nitrogens with zero attached hydrogens (tertiary/aromatic N) is 4. The zero-order valence-electron chi connectivity index (χ0n) is 22.5. The Morgan fingerprint density at radius 1 is 1.02 bits per heavy atom. The Hall–Kier alpha value is -5.82. The summed E-state index contributed by atoms with van der Waals surface area (Å²) in [7, 11) is 0. The second kappa shape index (κ2) is 12.1. The maximum Gasteiger partial charge on any atom is 0.255 e. The SMILES string of the molecule is CC(NC(=O)c1cc(C#N)cnc1NCc1ccc(-c2cnc(N)c(-c3cccc(O)c3)n2)cc1)c1ccc(F)cc1. The summed E-state index contributed by atoms with van der Waals surface area (Å²) in [6, 6.07) is 23.3. The topological polar surface area (TPSA) is 150 Å². The predicted molar refractivity (Wildman–Crippen MR) is 158 cm³/mol. The summed E-state index contributed by atoms with van der Waals surface area (Å²) < 4.78 is 13.3. The number of aromatic nitrogens is 3. The van der Waals surface area contributed by atoms with Crippen molar-refractivity contribution in [2.75, 3.05) is 11.1 Å². The van der Waals surface area contributed by atoms with Crippen LogP contribution in [0.4, 0.5) is 16.0 Å². The van der Waals surface area contributed by atoms with Gasteiger partial charge in [-0.2, -0.15) is 5.26 Å². The van der Waals surface area contributed by atoms with Gasteiger partial charge in [-0.15, -0.1) is 0 Å². The Morgan fingerprint density at radius 2 is 1.79 bits per heavy atom. The van der Waals surface area contributed by atoms with Crippen molar-refractivity contribution < 1.29 is 14.3 Å². The van der Waals surface area contributed by atoms with Crippen LogP contribution in [0, 0.1) is 17.1 Å². The van der Waals surface area contributed by atoms with Crippen LogP contribution in [0.15, 0.2) is 91.3 Å². The second-order valence-corrected chi connectivity index (χ2v) is 9.57. The first-order valence-corrected chi connectivity index (χ1v) is 13.0. The van der Waals surface area contributed by atoms with Gasteiger partial charge in [0.05, 0.1) is 29.1 Å². The molecule has 3 aromatic carbocycles. The lowest BCUT2D eigenvalue weighted by atomic mass is 10.1. The molecule has 0 bridgehead atoms. The number of halogens is 1. The summed E-state index contributed by atoms with van der Waals surface area (Å²) in [4.78, 5) is 26.4. The molecule has 2 aromatic heterocycles. The van der Waals surface area contributed by atoms with E-state index in [0.29, 0.717) is 29.3 Å². The average molecular weight is 560 g/mol. The number of hydrogen-bond acceptors (Lipinski definition) is 8. The molecule has 5 aromatic rings. The fourth-order valence-electron chi connectivity index (χ4n) is 4.33. The molecule has 0 fully saturated rings. The Bertz CT molecular complexity index is 1790. The molecule has 0 radical (unpaired) electrons. The Morgan fingerprint density at radius 3 is 2.50 bits per heavy atom. The highest BCUT2D eigenvalue weighted by Gasteiger charge is 2.17. The molecule has 5 N–H and O–H groups in total. The van der Waals surface area contributed by atoms with Gasteiger partial charge in [0.2, 0.25) is 0 Å². The van der Waals surface area contributed by atoms with Crippen LogP contribution in [0.2, 0.25) is 0 Å². The Kier molecular flexibility index (Phi) is 8.02. The molecule has 10 heteroatoms. The van der Waals surface area contributed by atoms with Gasteiger partial charge in [0.25, 0.3) is 5.91 Å². The third kappa shape index (κ3) is 6.32. The maximum atomic E-state index is 13.3. The quantitative estimate of drug-likeness (QED) is 0.192. The Balaban J connectivity index is 1.31. The van der Waals surface area contributed by atoms with Gasteiger partial charge in [-0.25, -0.2) is 19.3 Å². The van der Waals surface area contributed by atoms with E-state index in [1.165, 1.54) is 24.4 Å². The lowest BCUT2D eigenvalue weighted by molar-refractivity contribution is 0.0940. The molecular weight excluding hydrogens is 533 g/mol. The van der Waals surface area contributed by atoms with Crippen molar-refractivity contribution in [3.05, 3.63) is 119 Å². The number of pyridine rings is 1. The number of rotatable bonds is 8. The molecule has 0 spiro atoms.